The van der Waals surface area contributed by atoms with Crippen molar-refractivity contribution in [3.63, 3.8) is 0 Å². The van der Waals surface area contributed by atoms with Gasteiger partial charge in [-0.05, 0) is 29.0 Å². The maximum absolute atomic E-state index is 12.9. The number of hydrogen-bond acceptors (Lipinski definition) is 6. The molecule has 1 fully saturated rings. The van der Waals surface area contributed by atoms with Crippen LogP contribution in [-0.2, 0) is 0 Å². The van der Waals surface area contributed by atoms with Gasteiger partial charge < -0.3 is 10.0 Å². The number of β-amino-alcohol motifs (C(OH)–C–C–N with tert-alkyl or cyclic N) is 1. The fourth-order valence-electron chi connectivity index (χ4n) is 2.86. The molecule has 3 rings (SSSR count). The molecule has 128 valence electrons. The second kappa shape index (κ2) is 7.50. The number of aromatic nitrogens is 4. The van der Waals surface area contributed by atoms with E-state index in [0.717, 1.165) is 19.5 Å². The first kappa shape index (κ1) is 16.5. The molecule has 1 unspecified atom stereocenters. The van der Waals surface area contributed by atoms with Crippen LogP contribution in [0.3, 0.4) is 0 Å². The van der Waals surface area contributed by atoms with E-state index in [1.165, 1.54) is 11.0 Å². The van der Waals surface area contributed by atoms with Crippen LogP contribution < -0.4 is 0 Å². The van der Waals surface area contributed by atoms with E-state index < -0.39 is 0 Å². The van der Waals surface area contributed by atoms with Crippen LogP contribution in [0.4, 0.5) is 0 Å². The Balaban J connectivity index is 1.68. The van der Waals surface area contributed by atoms with E-state index in [1.807, 2.05) is 30.0 Å². The molecule has 2 heterocycles. The van der Waals surface area contributed by atoms with Gasteiger partial charge in [-0.25, -0.2) is 0 Å². The van der Waals surface area contributed by atoms with Gasteiger partial charge in [-0.3, -0.25) is 9.69 Å². The molecule has 2 aromatic rings. The number of tetrazole rings is 1. The van der Waals surface area contributed by atoms with Gasteiger partial charge in [0, 0.05) is 32.7 Å². The second-order valence-electron chi connectivity index (χ2n) is 5.93. The number of piperazine rings is 1. The van der Waals surface area contributed by atoms with Crippen LogP contribution in [-0.4, -0.2) is 79.8 Å². The smallest absolute Gasteiger partial charge is 0.256 e. The quantitative estimate of drug-likeness (QED) is 0.842. The average Bonchev–Trinajstić information content (AvgIpc) is 3.16. The Morgan fingerprint density at radius 2 is 2.00 bits per heavy atom. The van der Waals surface area contributed by atoms with Crippen molar-refractivity contribution in [2.75, 3.05) is 32.7 Å². The van der Waals surface area contributed by atoms with E-state index in [4.69, 9.17) is 0 Å². The monoisotopic (exact) mass is 330 g/mol. The molecule has 1 amide bonds. The number of nitrogens with zero attached hydrogens (tertiary/aromatic N) is 6. The molecule has 0 spiro atoms. The van der Waals surface area contributed by atoms with Crippen molar-refractivity contribution in [2.45, 2.75) is 19.4 Å². The van der Waals surface area contributed by atoms with Crippen molar-refractivity contribution in [3.8, 4) is 5.69 Å². The van der Waals surface area contributed by atoms with Crippen LogP contribution in [0.25, 0.3) is 5.69 Å². The zero-order chi connectivity index (χ0) is 16.9. The molecular formula is C16H22N6O2. The van der Waals surface area contributed by atoms with Gasteiger partial charge in [0.05, 0.1) is 17.4 Å². The van der Waals surface area contributed by atoms with E-state index in [9.17, 15) is 9.90 Å². The minimum atomic E-state index is -0.298. The summed E-state index contributed by atoms with van der Waals surface area (Å²) in [6, 6.07) is 7.33. The molecule has 0 radical (unpaired) electrons. The highest BCUT2D eigenvalue weighted by atomic mass is 16.3. The Labute approximate surface area is 140 Å². The summed E-state index contributed by atoms with van der Waals surface area (Å²) >= 11 is 0. The fourth-order valence-corrected chi connectivity index (χ4v) is 2.86. The summed E-state index contributed by atoms with van der Waals surface area (Å²) in [4.78, 5) is 16.9. The fraction of sp³-hybridized carbons (Fsp3) is 0.500. The summed E-state index contributed by atoms with van der Waals surface area (Å²) in [5, 5.41) is 20.9. The SMILES string of the molecule is CCC(O)CN1CCN(C(=O)c2ccccc2-n2cnnn2)CC1. The predicted molar refractivity (Wildman–Crippen MR) is 87.8 cm³/mol. The van der Waals surface area contributed by atoms with Gasteiger partial charge in [0.15, 0.2) is 0 Å². The van der Waals surface area contributed by atoms with Gasteiger partial charge >= 0.3 is 0 Å². The molecule has 1 aromatic carbocycles. The van der Waals surface area contributed by atoms with Gasteiger partial charge in [0.25, 0.3) is 5.91 Å². The topological polar surface area (TPSA) is 87.4 Å². The van der Waals surface area contributed by atoms with Gasteiger partial charge in [0.2, 0.25) is 0 Å². The molecule has 1 aliphatic rings. The number of benzene rings is 1. The van der Waals surface area contributed by atoms with Crippen molar-refractivity contribution >= 4 is 5.91 Å². The maximum Gasteiger partial charge on any atom is 0.256 e. The summed E-state index contributed by atoms with van der Waals surface area (Å²) in [6.07, 6.45) is 1.93. The van der Waals surface area contributed by atoms with Crippen molar-refractivity contribution < 1.29 is 9.90 Å². The highest BCUT2D eigenvalue weighted by molar-refractivity contribution is 5.97. The van der Waals surface area contributed by atoms with Crippen molar-refractivity contribution in [1.29, 1.82) is 0 Å². The number of amides is 1. The Morgan fingerprint density at radius 3 is 2.67 bits per heavy atom. The third kappa shape index (κ3) is 3.60. The first-order valence-corrected chi connectivity index (χ1v) is 8.21. The number of para-hydroxylation sites is 1. The molecule has 1 saturated heterocycles. The lowest BCUT2D eigenvalue weighted by Crippen LogP contribution is -2.50. The molecule has 8 heteroatoms. The lowest BCUT2D eigenvalue weighted by molar-refractivity contribution is 0.0523. The summed E-state index contributed by atoms with van der Waals surface area (Å²) in [6.45, 7) is 5.49. The first-order valence-electron chi connectivity index (χ1n) is 8.21. The van der Waals surface area contributed by atoms with Crippen molar-refractivity contribution in [3.05, 3.63) is 36.2 Å². The van der Waals surface area contributed by atoms with Crippen LogP contribution in [0.5, 0.6) is 0 Å². The number of carbonyl (C=O) groups excluding carboxylic acids is 1. The molecule has 1 atom stereocenters. The molecule has 1 N–H and O–H groups in total. The lowest BCUT2D eigenvalue weighted by atomic mass is 10.1. The standard InChI is InChI=1S/C16H22N6O2/c1-2-13(23)11-20-7-9-21(10-8-20)16(24)14-5-3-4-6-15(14)22-12-17-18-19-22/h3-6,12-13,23H,2,7-11H2,1H3. The van der Waals surface area contributed by atoms with Crippen LogP contribution in [0.15, 0.2) is 30.6 Å². The van der Waals surface area contributed by atoms with Gasteiger partial charge in [-0.2, -0.15) is 4.68 Å². The highest BCUT2D eigenvalue weighted by Gasteiger charge is 2.25. The second-order valence-corrected chi connectivity index (χ2v) is 5.93. The Hall–Kier alpha value is -2.32. The largest absolute Gasteiger partial charge is 0.392 e. The number of aliphatic hydroxyl groups is 1. The molecule has 1 aromatic heterocycles. The number of aliphatic hydroxyl groups excluding tert-OH is 1. The van der Waals surface area contributed by atoms with Gasteiger partial charge in [-0.1, -0.05) is 19.1 Å². The number of carbonyl (C=O) groups is 1. The Kier molecular flexibility index (Phi) is 5.17. The summed E-state index contributed by atoms with van der Waals surface area (Å²) in [7, 11) is 0. The third-order valence-corrected chi connectivity index (χ3v) is 4.33. The highest BCUT2D eigenvalue weighted by Crippen LogP contribution is 2.16. The Morgan fingerprint density at radius 1 is 1.25 bits per heavy atom. The number of rotatable bonds is 5. The molecule has 24 heavy (non-hydrogen) atoms. The average molecular weight is 330 g/mol. The summed E-state index contributed by atoms with van der Waals surface area (Å²) in [5.74, 6) is -0.0169. The maximum atomic E-state index is 12.9. The van der Waals surface area contributed by atoms with E-state index >= 15 is 0 Å². The summed E-state index contributed by atoms with van der Waals surface area (Å²) in [5.41, 5.74) is 1.27. The third-order valence-electron chi connectivity index (χ3n) is 4.33. The zero-order valence-corrected chi connectivity index (χ0v) is 13.7. The molecule has 8 nitrogen and oxygen atoms in total. The first-order chi connectivity index (χ1) is 11.7. The molecule has 0 bridgehead atoms. The van der Waals surface area contributed by atoms with E-state index in [2.05, 4.69) is 20.4 Å². The van der Waals surface area contributed by atoms with Crippen molar-refractivity contribution in [1.82, 2.24) is 30.0 Å². The van der Waals surface area contributed by atoms with Crippen LogP contribution in [0.2, 0.25) is 0 Å². The minimum Gasteiger partial charge on any atom is -0.392 e. The Bertz CT molecular complexity index is 667. The molecule has 0 aliphatic carbocycles. The summed E-state index contributed by atoms with van der Waals surface area (Å²) < 4.78 is 1.50. The van der Waals surface area contributed by atoms with Gasteiger partial charge in [-0.15, -0.1) is 5.10 Å². The predicted octanol–water partition coefficient (Wildman–Crippen LogP) is 0.191. The van der Waals surface area contributed by atoms with E-state index in [1.54, 1.807) is 6.07 Å². The normalized spacial score (nSPS) is 17.0. The lowest BCUT2D eigenvalue weighted by Gasteiger charge is -2.35. The number of hydrogen-bond donors (Lipinski definition) is 1. The zero-order valence-electron chi connectivity index (χ0n) is 13.7. The minimum absolute atomic E-state index is 0.0169. The van der Waals surface area contributed by atoms with Crippen LogP contribution in [0.1, 0.15) is 23.7 Å². The van der Waals surface area contributed by atoms with Crippen LogP contribution >= 0.6 is 0 Å². The molecular weight excluding hydrogens is 308 g/mol. The van der Waals surface area contributed by atoms with E-state index in [-0.39, 0.29) is 12.0 Å². The van der Waals surface area contributed by atoms with E-state index in [0.29, 0.717) is 30.9 Å². The van der Waals surface area contributed by atoms with Gasteiger partial charge in [0.1, 0.15) is 6.33 Å². The molecule has 1 aliphatic heterocycles. The van der Waals surface area contributed by atoms with Crippen molar-refractivity contribution in [2.24, 2.45) is 0 Å². The van der Waals surface area contributed by atoms with Crippen LogP contribution in [0, 0.1) is 0 Å². The molecule has 0 saturated carbocycles.